The Kier molecular flexibility index (Phi) is 4.24. The number of hydrogen-bond donors (Lipinski definition) is 1. The van der Waals surface area contributed by atoms with Crippen molar-refractivity contribution in [2.75, 3.05) is 0 Å². The zero-order valence-electron chi connectivity index (χ0n) is 12.0. The van der Waals surface area contributed by atoms with Crippen LogP contribution in [0.2, 0.25) is 0 Å². The van der Waals surface area contributed by atoms with E-state index >= 15 is 0 Å². The summed E-state index contributed by atoms with van der Waals surface area (Å²) in [5.74, 6) is 1.20. The van der Waals surface area contributed by atoms with Gasteiger partial charge >= 0.3 is 0 Å². The lowest BCUT2D eigenvalue weighted by molar-refractivity contribution is -0.135. The predicted molar refractivity (Wildman–Crippen MR) is 74.2 cm³/mol. The van der Waals surface area contributed by atoms with Crippen molar-refractivity contribution in [3.8, 4) is 0 Å². The molecule has 0 bridgehead atoms. The van der Waals surface area contributed by atoms with Crippen molar-refractivity contribution in [2.45, 2.75) is 51.7 Å². The maximum atomic E-state index is 12.5. The van der Waals surface area contributed by atoms with Crippen LogP contribution in [-0.2, 0) is 18.4 Å². The van der Waals surface area contributed by atoms with Crippen LogP contribution in [0.25, 0.3) is 0 Å². The molecule has 0 radical (unpaired) electrons. The summed E-state index contributed by atoms with van der Waals surface area (Å²) in [7, 11) is 1.95. The van der Waals surface area contributed by atoms with Gasteiger partial charge in [-0.25, -0.2) is 4.98 Å². The van der Waals surface area contributed by atoms with Crippen LogP contribution in [0.4, 0.5) is 0 Å². The second-order valence-electron chi connectivity index (χ2n) is 5.56. The molecule has 5 heteroatoms. The normalized spacial score (nSPS) is 18.1. The standard InChI is InChI=1S/C14H24N4O/c1-4-10(2)13(15)14(19)18(11-5-6-11)9-12-16-7-8-17(12)3/h7-8,10-11,13H,4-6,9,15H2,1-3H3/t10?,13-/m0/s1. The maximum absolute atomic E-state index is 12.5. The summed E-state index contributed by atoms with van der Waals surface area (Å²) in [6.07, 6.45) is 6.76. The van der Waals surface area contributed by atoms with Gasteiger partial charge in [-0.3, -0.25) is 4.79 Å². The summed E-state index contributed by atoms with van der Waals surface area (Å²) in [4.78, 5) is 18.7. The van der Waals surface area contributed by atoms with Gasteiger partial charge < -0.3 is 15.2 Å². The topological polar surface area (TPSA) is 64.2 Å². The molecule has 2 N–H and O–H groups in total. The first-order chi connectivity index (χ1) is 9.04. The smallest absolute Gasteiger partial charge is 0.240 e. The molecule has 1 saturated carbocycles. The van der Waals surface area contributed by atoms with Crippen molar-refractivity contribution < 1.29 is 4.79 Å². The Morgan fingerprint density at radius 1 is 1.63 bits per heavy atom. The minimum absolute atomic E-state index is 0.0693. The lowest BCUT2D eigenvalue weighted by atomic mass is 9.99. The van der Waals surface area contributed by atoms with Crippen LogP contribution in [0.15, 0.2) is 12.4 Å². The third-order valence-electron chi connectivity index (χ3n) is 4.05. The zero-order chi connectivity index (χ0) is 14.0. The third-order valence-corrected chi connectivity index (χ3v) is 4.05. The highest BCUT2D eigenvalue weighted by molar-refractivity contribution is 5.82. The Labute approximate surface area is 114 Å². The first-order valence-electron chi connectivity index (χ1n) is 7.06. The van der Waals surface area contributed by atoms with Crippen molar-refractivity contribution in [3.05, 3.63) is 18.2 Å². The number of amides is 1. The van der Waals surface area contributed by atoms with Gasteiger partial charge in [-0.15, -0.1) is 0 Å². The minimum atomic E-state index is -0.397. The molecule has 1 aliphatic rings. The van der Waals surface area contributed by atoms with E-state index in [-0.39, 0.29) is 11.8 Å². The SMILES string of the molecule is CCC(C)[C@H](N)C(=O)N(Cc1nccn1C)C1CC1. The van der Waals surface area contributed by atoms with E-state index in [0.29, 0.717) is 12.6 Å². The number of rotatable bonds is 6. The highest BCUT2D eigenvalue weighted by atomic mass is 16.2. The van der Waals surface area contributed by atoms with Crippen molar-refractivity contribution in [2.24, 2.45) is 18.7 Å². The quantitative estimate of drug-likeness (QED) is 0.842. The lowest BCUT2D eigenvalue weighted by Gasteiger charge is -2.27. The van der Waals surface area contributed by atoms with Gasteiger partial charge in [-0.1, -0.05) is 20.3 Å². The van der Waals surface area contributed by atoms with Crippen LogP contribution in [0.5, 0.6) is 0 Å². The van der Waals surface area contributed by atoms with Crippen molar-refractivity contribution in [1.29, 1.82) is 0 Å². The van der Waals surface area contributed by atoms with Crippen LogP contribution in [0, 0.1) is 5.92 Å². The van der Waals surface area contributed by atoms with E-state index in [4.69, 9.17) is 5.73 Å². The maximum Gasteiger partial charge on any atom is 0.240 e. The zero-order valence-corrected chi connectivity index (χ0v) is 12.0. The molecule has 0 spiro atoms. The van der Waals surface area contributed by atoms with Crippen molar-refractivity contribution in [1.82, 2.24) is 14.5 Å². The molecule has 1 fully saturated rings. The molecule has 2 rings (SSSR count). The Bertz CT molecular complexity index is 438. The molecule has 1 aromatic rings. The predicted octanol–water partition coefficient (Wildman–Crippen LogP) is 1.28. The monoisotopic (exact) mass is 264 g/mol. The van der Waals surface area contributed by atoms with E-state index in [0.717, 1.165) is 25.1 Å². The fourth-order valence-electron chi connectivity index (χ4n) is 2.16. The molecule has 106 valence electrons. The second-order valence-corrected chi connectivity index (χ2v) is 5.56. The average Bonchev–Trinajstić information content (AvgIpc) is 3.17. The number of carbonyl (C=O) groups excluding carboxylic acids is 1. The Balaban J connectivity index is 2.08. The molecule has 1 unspecified atom stereocenters. The first kappa shape index (κ1) is 14.1. The Morgan fingerprint density at radius 3 is 2.79 bits per heavy atom. The van der Waals surface area contributed by atoms with Gasteiger partial charge in [0.2, 0.25) is 5.91 Å². The second kappa shape index (κ2) is 5.74. The van der Waals surface area contributed by atoms with Gasteiger partial charge in [0.1, 0.15) is 5.82 Å². The van der Waals surface area contributed by atoms with Crippen LogP contribution < -0.4 is 5.73 Å². The number of aryl methyl sites for hydroxylation is 1. The molecule has 2 atom stereocenters. The van der Waals surface area contributed by atoms with E-state index in [1.165, 1.54) is 0 Å². The van der Waals surface area contributed by atoms with E-state index in [1.807, 2.05) is 29.6 Å². The fraction of sp³-hybridized carbons (Fsp3) is 0.714. The van der Waals surface area contributed by atoms with Crippen LogP contribution in [0.1, 0.15) is 38.9 Å². The molecule has 0 aromatic carbocycles. The number of aromatic nitrogens is 2. The summed E-state index contributed by atoms with van der Waals surface area (Å²) in [6.45, 7) is 4.67. The molecular weight excluding hydrogens is 240 g/mol. The molecule has 5 nitrogen and oxygen atoms in total. The average molecular weight is 264 g/mol. The summed E-state index contributed by atoms with van der Waals surface area (Å²) >= 11 is 0. The number of carbonyl (C=O) groups is 1. The molecular formula is C14H24N4O. The number of nitrogens with zero attached hydrogens (tertiary/aromatic N) is 3. The minimum Gasteiger partial charge on any atom is -0.337 e. The molecule has 1 aromatic heterocycles. The Morgan fingerprint density at radius 2 is 2.32 bits per heavy atom. The number of nitrogens with two attached hydrogens (primary N) is 1. The lowest BCUT2D eigenvalue weighted by Crippen LogP contribution is -2.47. The first-order valence-corrected chi connectivity index (χ1v) is 7.06. The molecule has 1 heterocycles. The van der Waals surface area contributed by atoms with Crippen molar-refractivity contribution in [3.63, 3.8) is 0 Å². The van der Waals surface area contributed by atoms with Crippen LogP contribution in [-0.4, -0.2) is 32.4 Å². The highest BCUT2D eigenvalue weighted by Gasteiger charge is 2.36. The molecule has 1 amide bonds. The van der Waals surface area contributed by atoms with E-state index in [2.05, 4.69) is 11.9 Å². The van der Waals surface area contributed by atoms with E-state index in [1.54, 1.807) is 6.20 Å². The van der Waals surface area contributed by atoms with Gasteiger partial charge in [0.15, 0.2) is 0 Å². The van der Waals surface area contributed by atoms with Crippen molar-refractivity contribution >= 4 is 5.91 Å². The fourth-order valence-corrected chi connectivity index (χ4v) is 2.16. The molecule has 0 aliphatic heterocycles. The molecule has 0 saturated heterocycles. The summed E-state index contributed by atoms with van der Waals surface area (Å²) in [5, 5.41) is 0. The summed E-state index contributed by atoms with van der Waals surface area (Å²) in [6, 6.07) is -0.0369. The van der Waals surface area contributed by atoms with Crippen LogP contribution in [0.3, 0.4) is 0 Å². The Hall–Kier alpha value is -1.36. The summed E-state index contributed by atoms with van der Waals surface area (Å²) in [5.41, 5.74) is 6.09. The van der Waals surface area contributed by atoms with Gasteiger partial charge in [0.25, 0.3) is 0 Å². The van der Waals surface area contributed by atoms with Gasteiger partial charge in [-0.05, 0) is 18.8 Å². The summed E-state index contributed by atoms with van der Waals surface area (Å²) < 4.78 is 1.96. The molecule has 1 aliphatic carbocycles. The van der Waals surface area contributed by atoms with E-state index in [9.17, 15) is 4.79 Å². The van der Waals surface area contributed by atoms with Gasteiger partial charge in [-0.2, -0.15) is 0 Å². The number of hydrogen-bond acceptors (Lipinski definition) is 3. The van der Waals surface area contributed by atoms with Gasteiger partial charge in [0.05, 0.1) is 12.6 Å². The van der Waals surface area contributed by atoms with Crippen LogP contribution >= 0.6 is 0 Å². The highest BCUT2D eigenvalue weighted by Crippen LogP contribution is 2.29. The van der Waals surface area contributed by atoms with Gasteiger partial charge in [0, 0.05) is 25.5 Å². The third kappa shape index (κ3) is 3.15. The largest absolute Gasteiger partial charge is 0.337 e. The number of imidazole rings is 1. The molecule has 19 heavy (non-hydrogen) atoms. The van der Waals surface area contributed by atoms with E-state index < -0.39 is 6.04 Å².